The average molecular weight is 219 g/mol. The summed E-state index contributed by atoms with van der Waals surface area (Å²) >= 11 is 0. The van der Waals surface area contributed by atoms with E-state index in [1.807, 2.05) is 6.20 Å². The van der Waals surface area contributed by atoms with Gasteiger partial charge in [-0.05, 0) is 37.3 Å². The molecule has 3 nitrogen and oxygen atoms in total. The van der Waals surface area contributed by atoms with Crippen LogP contribution in [0.15, 0.2) is 18.3 Å². The first kappa shape index (κ1) is 11.4. The quantitative estimate of drug-likeness (QED) is 0.849. The number of anilines is 1. The maximum Gasteiger partial charge on any atom is 0.128 e. The highest BCUT2D eigenvalue weighted by Crippen LogP contribution is 2.19. The highest BCUT2D eigenvalue weighted by Gasteiger charge is 2.12. The van der Waals surface area contributed by atoms with Crippen molar-refractivity contribution in [2.24, 2.45) is 5.73 Å². The molecule has 0 unspecified atom stereocenters. The molecule has 1 aromatic heterocycles. The minimum absolute atomic E-state index is 0.128. The van der Waals surface area contributed by atoms with Crippen molar-refractivity contribution < 1.29 is 0 Å². The molecule has 1 aromatic rings. The Labute approximate surface area is 97.7 Å². The predicted molar refractivity (Wildman–Crippen MR) is 67.5 cm³/mol. The molecule has 0 spiro atoms. The van der Waals surface area contributed by atoms with Crippen molar-refractivity contribution in [2.45, 2.75) is 38.6 Å². The molecule has 0 aliphatic carbocycles. The monoisotopic (exact) mass is 219 g/mol. The van der Waals surface area contributed by atoms with Crippen LogP contribution in [0.5, 0.6) is 0 Å². The Balaban J connectivity index is 2.06. The second-order valence-corrected chi connectivity index (χ2v) is 4.51. The summed E-state index contributed by atoms with van der Waals surface area (Å²) in [6.07, 6.45) is 6.83. The zero-order valence-electron chi connectivity index (χ0n) is 10.0. The number of rotatable bonds is 3. The molecule has 1 atom stereocenters. The number of hydrogen-bond donors (Lipinski definition) is 1. The van der Waals surface area contributed by atoms with E-state index in [-0.39, 0.29) is 6.04 Å². The van der Waals surface area contributed by atoms with Crippen LogP contribution in [-0.2, 0) is 0 Å². The Morgan fingerprint density at radius 2 is 2.06 bits per heavy atom. The second kappa shape index (κ2) is 5.30. The van der Waals surface area contributed by atoms with Gasteiger partial charge in [0.05, 0.1) is 0 Å². The van der Waals surface area contributed by atoms with E-state index in [0.717, 1.165) is 30.9 Å². The van der Waals surface area contributed by atoms with E-state index >= 15 is 0 Å². The van der Waals surface area contributed by atoms with Gasteiger partial charge in [0.1, 0.15) is 5.82 Å². The summed E-state index contributed by atoms with van der Waals surface area (Å²) in [5.74, 6) is 1.10. The van der Waals surface area contributed by atoms with Crippen LogP contribution >= 0.6 is 0 Å². The van der Waals surface area contributed by atoms with Crippen LogP contribution in [0.2, 0.25) is 0 Å². The second-order valence-electron chi connectivity index (χ2n) is 4.51. The topological polar surface area (TPSA) is 42.1 Å². The van der Waals surface area contributed by atoms with Gasteiger partial charge in [0.25, 0.3) is 0 Å². The molecule has 2 rings (SSSR count). The van der Waals surface area contributed by atoms with Crippen molar-refractivity contribution in [3.05, 3.63) is 23.9 Å². The normalized spacial score (nSPS) is 18.5. The van der Waals surface area contributed by atoms with Crippen LogP contribution in [0.3, 0.4) is 0 Å². The van der Waals surface area contributed by atoms with E-state index in [2.05, 4.69) is 28.9 Å². The van der Waals surface area contributed by atoms with Crippen LogP contribution in [-0.4, -0.2) is 18.1 Å². The molecular weight excluding hydrogens is 198 g/mol. The lowest BCUT2D eigenvalue weighted by Gasteiger charge is -2.27. The predicted octanol–water partition coefficient (Wildman–Crippen LogP) is 2.48. The van der Waals surface area contributed by atoms with Gasteiger partial charge < -0.3 is 10.6 Å². The van der Waals surface area contributed by atoms with Crippen molar-refractivity contribution in [2.75, 3.05) is 18.0 Å². The largest absolute Gasteiger partial charge is 0.357 e. The summed E-state index contributed by atoms with van der Waals surface area (Å²) in [7, 11) is 0. The maximum absolute atomic E-state index is 5.97. The van der Waals surface area contributed by atoms with E-state index in [4.69, 9.17) is 5.73 Å². The average Bonchev–Trinajstić information content (AvgIpc) is 2.39. The van der Waals surface area contributed by atoms with Crippen LogP contribution in [0.25, 0.3) is 0 Å². The molecule has 0 saturated carbocycles. The molecule has 0 radical (unpaired) electrons. The Morgan fingerprint density at radius 3 is 2.62 bits per heavy atom. The summed E-state index contributed by atoms with van der Waals surface area (Å²) in [5.41, 5.74) is 7.11. The fourth-order valence-corrected chi connectivity index (χ4v) is 2.16. The highest BCUT2D eigenvalue weighted by atomic mass is 15.2. The molecule has 3 heteroatoms. The Kier molecular flexibility index (Phi) is 3.78. The lowest BCUT2D eigenvalue weighted by Crippen LogP contribution is -2.30. The van der Waals surface area contributed by atoms with Gasteiger partial charge in [-0.15, -0.1) is 0 Å². The Hall–Kier alpha value is -1.09. The summed E-state index contributed by atoms with van der Waals surface area (Å²) in [5, 5.41) is 0. The van der Waals surface area contributed by atoms with Crippen molar-refractivity contribution in [3.8, 4) is 0 Å². The SMILES string of the molecule is CC[C@@H](N)c1ccc(N2CCCCC2)nc1. The highest BCUT2D eigenvalue weighted by molar-refractivity contribution is 5.40. The first-order valence-corrected chi connectivity index (χ1v) is 6.27. The molecule has 1 aliphatic rings. The molecule has 1 aliphatic heterocycles. The maximum atomic E-state index is 5.97. The van der Waals surface area contributed by atoms with Crippen molar-refractivity contribution in [3.63, 3.8) is 0 Å². The minimum atomic E-state index is 0.128. The standard InChI is InChI=1S/C13H21N3/c1-2-12(14)11-6-7-13(15-10-11)16-8-4-3-5-9-16/h6-7,10,12H,2-5,8-9,14H2,1H3/t12-/m1/s1. The van der Waals surface area contributed by atoms with E-state index in [1.54, 1.807) is 0 Å². The van der Waals surface area contributed by atoms with Crippen LogP contribution in [0, 0.1) is 0 Å². The lowest BCUT2D eigenvalue weighted by molar-refractivity contribution is 0.573. The third-order valence-corrected chi connectivity index (χ3v) is 3.32. The fraction of sp³-hybridized carbons (Fsp3) is 0.615. The van der Waals surface area contributed by atoms with Crippen molar-refractivity contribution >= 4 is 5.82 Å². The summed E-state index contributed by atoms with van der Waals surface area (Å²) < 4.78 is 0. The molecule has 1 saturated heterocycles. The third kappa shape index (κ3) is 2.53. The molecule has 16 heavy (non-hydrogen) atoms. The smallest absolute Gasteiger partial charge is 0.128 e. The first-order valence-electron chi connectivity index (χ1n) is 6.27. The minimum Gasteiger partial charge on any atom is -0.357 e. The molecular formula is C13H21N3. The van der Waals surface area contributed by atoms with E-state index in [9.17, 15) is 0 Å². The number of aromatic nitrogens is 1. The van der Waals surface area contributed by atoms with Crippen LogP contribution < -0.4 is 10.6 Å². The number of piperidine rings is 1. The molecule has 0 amide bonds. The Morgan fingerprint density at radius 1 is 1.31 bits per heavy atom. The summed E-state index contributed by atoms with van der Waals surface area (Å²) in [6, 6.07) is 4.35. The van der Waals surface area contributed by atoms with Crippen molar-refractivity contribution in [1.29, 1.82) is 0 Å². The Bertz CT molecular complexity index is 314. The third-order valence-electron chi connectivity index (χ3n) is 3.32. The zero-order valence-corrected chi connectivity index (χ0v) is 10.0. The van der Waals surface area contributed by atoms with Gasteiger partial charge in [0, 0.05) is 25.3 Å². The summed E-state index contributed by atoms with van der Waals surface area (Å²) in [6.45, 7) is 4.39. The molecule has 0 aromatic carbocycles. The number of nitrogens with zero attached hydrogens (tertiary/aromatic N) is 2. The molecule has 88 valence electrons. The van der Waals surface area contributed by atoms with Gasteiger partial charge in [-0.25, -0.2) is 4.98 Å². The van der Waals surface area contributed by atoms with Gasteiger partial charge in [-0.1, -0.05) is 13.0 Å². The molecule has 0 bridgehead atoms. The van der Waals surface area contributed by atoms with Gasteiger partial charge in [-0.2, -0.15) is 0 Å². The van der Waals surface area contributed by atoms with Crippen LogP contribution in [0.1, 0.15) is 44.2 Å². The first-order chi connectivity index (χ1) is 7.81. The molecule has 2 heterocycles. The van der Waals surface area contributed by atoms with Gasteiger partial charge in [-0.3, -0.25) is 0 Å². The fourth-order valence-electron chi connectivity index (χ4n) is 2.16. The van der Waals surface area contributed by atoms with Crippen LogP contribution in [0.4, 0.5) is 5.82 Å². The van der Waals surface area contributed by atoms with E-state index in [1.165, 1.54) is 19.3 Å². The van der Waals surface area contributed by atoms with E-state index < -0.39 is 0 Å². The number of pyridine rings is 1. The van der Waals surface area contributed by atoms with Gasteiger partial charge in [0.2, 0.25) is 0 Å². The number of nitrogens with two attached hydrogens (primary N) is 1. The molecule has 2 N–H and O–H groups in total. The zero-order chi connectivity index (χ0) is 11.4. The van der Waals surface area contributed by atoms with Gasteiger partial charge >= 0.3 is 0 Å². The van der Waals surface area contributed by atoms with Crippen molar-refractivity contribution in [1.82, 2.24) is 4.98 Å². The molecule has 1 fully saturated rings. The lowest BCUT2D eigenvalue weighted by atomic mass is 10.1. The van der Waals surface area contributed by atoms with Gasteiger partial charge in [0.15, 0.2) is 0 Å². The number of hydrogen-bond acceptors (Lipinski definition) is 3. The van der Waals surface area contributed by atoms with E-state index in [0.29, 0.717) is 0 Å². The summed E-state index contributed by atoms with van der Waals surface area (Å²) in [4.78, 5) is 6.88.